The van der Waals surface area contributed by atoms with Gasteiger partial charge in [-0.2, -0.15) is 0 Å². The molecule has 0 bridgehead atoms. The fraction of sp³-hybridized carbons (Fsp3) is 0.857. The Balaban J connectivity index is 1.89. The normalized spacial score (nSPS) is 15.5. The van der Waals surface area contributed by atoms with Gasteiger partial charge in [-0.1, -0.05) is 18.9 Å². The molecule has 1 aliphatic rings. The van der Waals surface area contributed by atoms with Gasteiger partial charge in [-0.15, -0.1) is 5.10 Å². The Labute approximate surface area is 115 Å². The van der Waals surface area contributed by atoms with Crippen molar-refractivity contribution in [2.75, 3.05) is 18.0 Å². The third-order valence-electron chi connectivity index (χ3n) is 3.31. The summed E-state index contributed by atoms with van der Waals surface area (Å²) in [6, 6.07) is 1.07. The first-order valence-electron chi connectivity index (χ1n) is 7.36. The second-order valence-electron chi connectivity index (χ2n) is 6.19. The summed E-state index contributed by atoms with van der Waals surface area (Å²) in [7, 11) is 0. The number of nitrogens with zero attached hydrogens (tertiary/aromatic N) is 3. The summed E-state index contributed by atoms with van der Waals surface area (Å²) in [4.78, 5) is 2.22. The number of hydrogen-bond donors (Lipinski definition) is 1. The molecule has 0 radical (unpaired) electrons. The van der Waals surface area contributed by atoms with E-state index in [0.717, 1.165) is 19.0 Å². The average Bonchev–Trinajstić information content (AvgIpc) is 3.04. The van der Waals surface area contributed by atoms with Gasteiger partial charge < -0.3 is 14.6 Å². The molecule has 1 heterocycles. The quantitative estimate of drug-likeness (QED) is 0.783. The van der Waals surface area contributed by atoms with Crippen molar-refractivity contribution in [3.8, 4) is 0 Å². The highest BCUT2D eigenvalue weighted by Crippen LogP contribution is 2.31. The Morgan fingerprint density at radius 3 is 2.58 bits per heavy atom. The molecule has 0 spiro atoms. The third kappa shape index (κ3) is 4.49. The third-order valence-corrected chi connectivity index (χ3v) is 3.31. The molecular formula is C14H26N4O. The molecule has 1 saturated carbocycles. The molecule has 0 atom stereocenters. The maximum atomic E-state index is 5.76. The molecule has 5 nitrogen and oxygen atoms in total. The molecule has 0 saturated heterocycles. The molecule has 1 N–H and O–H groups in total. The van der Waals surface area contributed by atoms with Gasteiger partial charge >= 0.3 is 6.01 Å². The Morgan fingerprint density at radius 2 is 2.00 bits per heavy atom. The van der Waals surface area contributed by atoms with Gasteiger partial charge in [0.05, 0.1) is 6.54 Å². The van der Waals surface area contributed by atoms with Crippen LogP contribution in [-0.2, 0) is 6.54 Å². The molecule has 5 heteroatoms. The minimum Gasteiger partial charge on any atom is -0.407 e. The van der Waals surface area contributed by atoms with Crippen LogP contribution in [0.4, 0.5) is 6.01 Å². The maximum absolute atomic E-state index is 5.76. The van der Waals surface area contributed by atoms with Crippen molar-refractivity contribution in [1.82, 2.24) is 15.5 Å². The Hall–Kier alpha value is -1.10. The van der Waals surface area contributed by atoms with Crippen molar-refractivity contribution in [2.45, 2.75) is 53.1 Å². The minimum absolute atomic E-state index is 0.400. The first kappa shape index (κ1) is 14.3. The molecule has 0 aliphatic heterocycles. The van der Waals surface area contributed by atoms with Crippen LogP contribution in [0.5, 0.6) is 0 Å². The van der Waals surface area contributed by atoms with E-state index < -0.39 is 0 Å². The van der Waals surface area contributed by atoms with Crippen molar-refractivity contribution in [3.63, 3.8) is 0 Å². The zero-order chi connectivity index (χ0) is 13.8. The fourth-order valence-corrected chi connectivity index (χ4v) is 1.99. The van der Waals surface area contributed by atoms with E-state index in [9.17, 15) is 0 Å². The second-order valence-corrected chi connectivity index (χ2v) is 6.19. The lowest BCUT2D eigenvalue weighted by atomic mass is 10.2. The van der Waals surface area contributed by atoms with E-state index in [-0.39, 0.29) is 0 Å². The van der Waals surface area contributed by atoms with Crippen molar-refractivity contribution in [2.24, 2.45) is 11.8 Å². The van der Waals surface area contributed by atoms with Gasteiger partial charge in [-0.25, -0.2) is 0 Å². The molecule has 2 rings (SSSR count). The van der Waals surface area contributed by atoms with Gasteiger partial charge in [0.15, 0.2) is 0 Å². The van der Waals surface area contributed by atoms with Crippen LogP contribution in [-0.4, -0.2) is 29.3 Å². The molecular weight excluding hydrogens is 240 g/mol. The molecule has 0 aromatic carbocycles. The van der Waals surface area contributed by atoms with Crippen molar-refractivity contribution < 1.29 is 4.42 Å². The summed E-state index contributed by atoms with van der Waals surface area (Å²) in [5.74, 6) is 2.12. The van der Waals surface area contributed by atoms with Crippen LogP contribution >= 0.6 is 0 Å². The molecule has 1 fully saturated rings. The standard InChI is InChI=1S/C14H26N4O/c1-10(2)7-15-8-13-16-17-14(19-13)18(11(3)4)9-12-5-6-12/h10-12,15H,5-9H2,1-4H3. The van der Waals surface area contributed by atoms with Gasteiger partial charge in [0.2, 0.25) is 5.89 Å². The van der Waals surface area contributed by atoms with Gasteiger partial charge in [0, 0.05) is 12.6 Å². The molecule has 1 aromatic rings. The number of nitrogens with one attached hydrogen (secondary N) is 1. The van der Waals surface area contributed by atoms with E-state index in [1.54, 1.807) is 0 Å². The number of hydrogen-bond acceptors (Lipinski definition) is 5. The average molecular weight is 266 g/mol. The lowest BCUT2D eigenvalue weighted by molar-refractivity contribution is 0.438. The lowest BCUT2D eigenvalue weighted by Gasteiger charge is -2.24. The minimum atomic E-state index is 0.400. The predicted octanol–water partition coefficient (Wildman–Crippen LogP) is 2.44. The van der Waals surface area contributed by atoms with Crippen LogP contribution in [0.25, 0.3) is 0 Å². The van der Waals surface area contributed by atoms with E-state index in [0.29, 0.717) is 30.4 Å². The molecule has 0 unspecified atom stereocenters. The van der Waals surface area contributed by atoms with Gasteiger partial charge in [-0.05, 0) is 45.1 Å². The largest absolute Gasteiger partial charge is 0.407 e. The zero-order valence-electron chi connectivity index (χ0n) is 12.5. The molecule has 1 aliphatic carbocycles. The number of aromatic nitrogens is 2. The van der Waals surface area contributed by atoms with E-state index in [4.69, 9.17) is 4.42 Å². The summed E-state index contributed by atoms with van der Waals surface area (Å²) in [5.41, 5.74) is 0. The van der Waals surface area contributed by atoms with E-state index in [1.807, 2.05) is 0 Å². The van der Waals surface area contributed by atoms with Crippen LogP contribution in [0.15, 0.2) is 4.42 Å². The highest BCUT2D eigenvalue weighted by Gasteiger charge is 2.28. The lowest BCUT2D eigenvalue weighted by Crippen LogP contribution is -2.33. The second kappa shape index (κ2) is 6.37. The van der Waals surface area contributed by atoms with E-state index in [2.05, 4.69) is 48.1 Å². The molecule has 19 heavy (non-hydrogen) atoms. The highest BCUT2D eigenvalue weighted by molar-refractivity contribution is 5.26. The van der Waals surface area contributed by atoms with E-state index >= 15 is 0 Å². The predicted molar refractivity (Wildman–Crippen MR) is 76.0 cm³/mol. The van der Waals surface area contributed by atoms with Crippen molar-refractivity contribution >= 4 is 6.01 Å². The van der Waals surface area contributed by atoms with Crippen molar-refractivity contribution in [1.29, 1.82) is 0 Å². The topological polar surface area (TPSA) is 54.2 Å². The van der Waals surface area contributed by atoms with Crippen LogP contribution < -0.4 is 10.2 Å². The highest BCUT2D eigenvalue weighted by atomic mass is 16.4. The number of anilines is 1. The summed E-state index contributed by atoms with van der Waals surface area (Å²) in [6.07, 6.45) is 2.67. The van der Waals surface area contributed by atoms with Gasteiger partial charge in [0.25, 0.3) is 0 Å². The first-order valence-corrected chi connectivity index (χ1v) is 7.36. The van der Waals surface area contributed by atoms with Crippen LogP contribution in [0.3, 0.4) is 0 Å². The first-order chi connectivity index (χ1) is 9.06. The van der Waals surface area contributed by atoms with Crippen LogP contribution in [0.2, 0.25) is 0 Å². The van der Waals surface area contributed by atoms with Crippen LogP contribution in [0, 0.1) is 11.8 Å². The van der Waals surface area contributed by atoms with Crippen LogP contribution in [0.1, 0.15) is 46.4 Å². The summed E-state index contributed by atoms with van der Waals surface area (Å²) in [6.45, 7) is 11.4. The zero-order valence-corrected chi connectivity index (χ0v) is 12.5. The number of rotatable bonds is 8. The summed E-state index contributed by atoms with van der Waals surface area (Å²) < 4.78 is 5.76. The molecule has 108 valence electrons. The van der Waals surface area contributed by atoms with Gasteiger partial charge in [0.1, 0.15) is 0 Å². The smallest absolute Gasteiger partial charge is 0.318 e. The van der Waals surface area contributed by atoms with Gasteiger partial charge in [-0.3, -0.25) is 0 Å². The Bertz CT molecular complexity index is 385. The van der Waals surface area contributed by atoms with Crippen molar-refractivity contribution in [3.05, 3.63) is 5.89 Å². The maximum Gasteiger partial charge on any atom is 0.318 e. The summed E-state index contributed by atoms with van der Waals surface area (Å²) >= 11 is 0. The Kier molecular flexibility index (Phi) is 4.80. The molecule has 1 aromatic heterocycles. The fourth-order valence-electron chi connectivity index (χ4n) is 1.99. The monoisotopic (exact) mass is 266 g/mol. The SMILES string of the molecule is CC(C)CNCc1nnc(N(CC2CC2)C(C)C)o1. The summed E-state index contributed by atoms with van der Waals surface area (Å²) in [5, 5.41) is 11.6. The molecule has 0 amide bonds. The Morgan fingerprint density at radius 1 is 1.26 bits per heavy atom. The van der Waals surface area contributed by atoms with E-state index in [1.165, 1.54) is 12.8 Å².